The van der Waals surface area contributed by atoms with Crippen molar-refractivity contribution < 1.29 is 18.0 Å². The maximum Gasteiger partial charge on any atom is 0.211 e. The molecule has 0 aromatic heterocycles. The quantitative estimate of drug-likeness (QED) is 0.182. The average molecular weight is 617 g/mol. The van der Waals surface area contributed by atoms with Gasteiger partial charge in [0.2, 0.25) is 11.6 Å². The summed E-state index contributed by atoms with van der Waals surface area (Å²) in [6, 6.07) is 27.0. The Morgan fingerprint density at radius 1 is 0.614 bits per heavy atom. The van der Waals surface area contributed by atoms with Crippen molar-refractivity contribution in [1.29, 1.82) is 10.8 Å². The summed E-state index contributed by atoms with van der Waals surface area (Å²) in [5, 5.41) is 15.6. The van der Waals surface area contributed by atoms with Crippen molar-refractivity contribution >= 4 is 59.2 Å². The first-order valence-electron chi connectivity index (χ1n) is 14.1. The number of fused-ring (bicyclic) bond motifs is 2. The molecule has 0 aliphatic heterocycles. The Morgan fingerprint density at radius 3 is 1.41 bits per heavy atom. The topological polar surface area (TPSA) is 100 Å². The molecule has 0 saturated carbocycles. The van der Waals surface area contributed by atoms with Gasteiger partial charge in [0.05, 0.1) is 33.9 Å². The molecule has 2 N–H and O–H groups in total. The monoisotopic (exact) mass is 616 g/mol. The van der Waals surface area contributed by atoms with Crippen LogP contribution in [0.4, 0.5) is 0 Å². The zero-order chi connectivity index (χ0) is 30.8. The molecule has 0 atom stereocenters. The summed E-state index contributed by atoms with van der Waals surface area (Å²) in [5.41, 5.74) is 4.63. The lowest BCUT2D eigenvalue weighted by atomic mass is 9.74. The molecule has 4 aromatic carbocycles. The lowest BCUT2D eigenvalue weighted by Crippen LogP contribution is -2.22. The second-order valence-corrected chi connectivity index (χ2v) is 12.2. The maximum absolute atomic E-state index is 12.3. The van der Waals surface area contributed by atoms with E-state index in [-0.39, 0.29) is 28.4 Å². The van der Waals surface area contributed by atoms with E-state index in [0.29, 0.717) is 22.6 Å². The van der Waals surface area contributed by atoms with E-state index in [2.05, 4.69) is 38.1 Å². The Balaban J connectivity index is 1.13. The number of hydrogen-bond donors (Lipinski definition) is 2. The molecular weight excluding hydrogens is 589 g/mol. The van der Waals surface area contributed by atoms with Gasteiger partial charge in [0.15, 0.2) is 0 Å². The van der Waals surface area contributed by atoms with Crippen molar-refractivity contribution in [3.05, 3.63) is 130 Å². The number of benzene rings is 4. The zero-order valence-corrected chi connectivity index (χ0v) is 25.7. The summed E-state index contributed by atoms with van der Waals surface area (Å²) in [5.74, 6) is 0.843. The summed E-state index contributed by atoms with van der Waals surface area (Å²) in [7, 11) is 0. The highest BCUT2D eigenvalue weighted by atomic mass is 32.2. The van der Waals surface area contributed by atoms with Crippen LogP contribution in [0.5, 0.6) is 11.5 Å². The molecule has 44 heavy (non-hydrogen) atoms. The van der Waals surface area contributed by atoms with E-state index in [4.69, 9.17) is 19.2 Å². The van der Waals surface area contributed by atoms with Gasteiger partial charge in [-0.25, -0.2) is 0 Å². The first-order valence-corrected chi connectivity index (χ1v) is 15.6. The van der Waals surface area contributed by atoms with Gasteiger partial charge >= 0.3 is 0 Å². The lowest BCUT2D eigenvalue weighted by molar-refractivity contribution is 0.105. The molecule has 0 radical (unpaired) electrons. The molecule has 0 bridgehead atoms. The van der Waals surface area contributed by atoms with Crippen LogP contribution in [-0.2, 0) is 5.41 Å². The largest absolute Gasteiger partial charge is 0.421 e. The van der Waals surface area contributed by atoms with Crippen molar-refractivity contribution in [3.8, 4) is 11.5 Å². The minimum atomic E-state index is -0.279. The molecule has 0 heterocycles. The summed E-state index contributed by atoms with van der Waals surface area (Å²) in [6.07, 6.45) is 7.51. The van der Waals surface area contributed by atoms with Crippen LogP contribution in [0.3, 0.4) is 0 Å². The normalized spacial score (nSPS) is 15.0. The molecule has 0 saturated heterocycles. The standard InChI is InChI=1S/C36H28N2O4S2/c1-3-36(2,22-10-14-24(15-11-22)41-43-32-8-4-6-28-26(32)18-20-30(37)34(28)39)23-12-16-25(17-13-23)42-44-33-9-5-7-29-27(33)19-21-31(38)35(29)40/h4-21,37-38H,3H2,1-2H3. The molecule has 2 aliphatic rings. The fraction of sp³-hybridized carbons (Fsp3) is 0.111. The van der Waals surface area contributed by atoms with Crippen LogP contribution in [-0.4, -0.2) is 23.0 Å². The molecule has 218 valence electrons. The van der Waals surface area contributed by atoms with Crippen molar-refractivity contribution in [2.45, 2.75) is 35.5 Å². The highest BCUT2D eigenvalue weighted by molar-refractivity contribution is 7.95. The van der Waals surface area contributed by atoms with Crippen molar-refractivity contribution in [1.82, 2.24) is 0 Å². The third-order valence-electron chi connectivity index (χ3n) is 8.09. The summed E-state index contributed by atoms with van der Waals surface area (Å²) >= 11 is 2.40. The van der Waals surface area contributed by atoms with Crippen molar-refractivity contribution in [2.24, 2.45) is 0 Å². The Bertz CT molecular complexity index is 1740. The van der Waals surface area contributed by atoms with Crippen molar-refractivity contribution in [2.75, 3.05) is 0 Å². The summed E-state index contributed by atoms with van der Waals surface area (Å²) < 4.78 is 12.0. The van der Waals surface area contributed by atoms with Gasteiger partial charge in [-0.3, -0.25) is 20.4 Å². The maximum atomic E-state index is 12.3. The average Bonchev–Trinajstić information content (AvgIpc) is 3.06. The first-order chi connectivity index (χ1) is 21.3. The second kappa shape index (κ2) is 12.1. The Morgan fingerprint density at radius 2 is 1.02 bits per heavy atom. The van der Waals surface area contributed by atoms with Crippen LogP contribution < -0.4 is 8.37 Å². The molecule has 4 aromatic rings. The number of allylic oxidation sites excluding steroid dienone is 2. The number of Topliss-reactive ketones (excluding diaryl/α,β-unsaturated/α-hetero) is 2. The highest BCUT2D eigenvalue weighted by Crippen LogP contribution is 2.39. The third kappa shape index (κ3) is 5.54. The number of carbonyl (C=O) groups excluding carboxylic acids is 2. The number of rotatable bonds is 9. The summed E-state index contributed by atoms with van der Waals surface area (Å²) in [6.45, 7) is 4.39. The minimum Gasteiger partial charge on any atom is -0.421 e. The van der Waals surface area contributed by atoms with Gasteiger partial charge in [0, 0.05) is 27.7 Å². The Kier molecular flexibility index (Phi) is 8.12. The lowest BCUT2D eigenvalue weighted by Gasteiger charge is -2.30. The van der Waals surface area contributed by atoms with Crippen LogP contribution in [0.1, 0.15) is 63.2 Å². The molecule has 6 nitrogen and oxygen atoms in total. The fourth-order valence-corrected chi connectivity index (χ4v) is 6.66. The second-order valence-electron chi connectivity index (χ2n) is 10.7. The van der Waals surface area contributed by atoms with Crippen LogP contribution >= 0.6 is 24.1 Å². The molecule has 0 fully saturated rings. The first kappa shape index (κ1) is 29.4. The Labute approximate surface area is 264 Å². The van der Waals surface area contributed by atoms with Gasteiger partial charge in [-0.2, -0.15) is 0 Å². The predicted molar refractivity (Wildman–Crippen MR) is 178 cm³/mol. The fourth-order valence-electron chi connectivity index (χ4n) is 5.27. The number of carbonyl (C=O) groups is 2. The van der Waals surface area contributed by atoms with Gasteiger partial charge < -0.3 is 8.37 Å². The van der Waals surface area contributed by atoms with Gasteiger partial charge in [-0.15, -0.1) is 0 Å². The predicted octanol–water partition coefficient (Wildman–Crippen LogP) is 9.03. The van der Waals surface area contributed by atoms with E-state index in [0.717, 1.165) is 38.5 Å². The molecule has 0 amide bonds. The van der Waals surface area contributed by atoms with E-state index in [1.54, 1.807) is 36.4 Å². The summed E-state index contributed by atoms with van der Waals surface area (Å²) in [4.78, 5) is 26.3. The van der Waals surface area contributed by atoms with Gasteiger partial charge in [0.25, 0.3) is 0 Å². The van der Waals surface area contributed by atoms with Gasteiger partial charge in [-0.1, -0.05) is 74.5 Å². The zero-order valence-electron chi connectivity index (χ0n) is 24.0. The van der Waals surface area contributed by atoms with E-state index in [1.165, 1.54) is 36.2 Å². The Hall–Kier alpha value is -4.66. The van der Waals surface area contributed by atoms with Crippen LogP contribution in [0.2, 0.25) is 0 Å². The molecule has 6 rings (SSSR count). The molecular formula is C36H28N2O4S2. The number of nitrogens with one attached hydrogen (secondary N) is 2. The highest BCUT2D eigenvalue weighted by Gasteiger charge is 2.27. The third-order valence-corrected chi connectivity index (χ3v) is 9.71. The molecule has 2 aliphatic carbocycles. The molecule has 0 unspecified atom stereocenters. The van der Waals surface area contributed by atoms with E-state index in [9.17, 15) is 9.59 Å². The van der Waals surface area contributed by atoms with Gasteiger partial charge in [0.1, 0.15) is 22.9 Å². The van der Waals surface area contributed by atoms with Crippen LogP contribution in [0, 0.1) is 10.8 Å². The minimum absolute atomic E-state index is 0.0126. The number of ketones is 2. The van der Waals surface area contributed by atoms with E-state index < -0.39 is 0 Å². The van der Waals surface area contributed by atoms with Gasteiger partial charge in [-0.05, 0) is 66.1 Å². The number of hydrogen-bond acceptors (Lipinski definition) is 8. The van der Waals surface area contributed by atoms with Crippen LogP contribution in [0.15, 0.2) is 107 Å². The molecule has 0 spiro atoms. The van der Waals surface area contributed by atoms with E-state index in [1.807, 2.05) is 36.4 Å². The SMILES string of the molecule is CCC(C)(c1ccc(OSc2cccc3c2C=CC(=N)C3=O)cc1)c1ccc(OSc2cccc3c2C=CC(=N)C3=O)cc1. The van der Waals surface area contributed by atoms with E-state index >= 15 is 0 Å². The van der Waals surface area contributed by atoms with Crippen molar-refractivity contribution in [3.63, 3.8) is 0 Å². The smallest absolute Gasteiger partial charge is 0.211 e. The van der Waals surface area contributed by atoms with Crippen LogP contribution in [0.25, 0.3) is 12.2 Å². The molecule has 8 heteroatoms.